The summed E-state index contributed by atoms with van der Waals surface area (Å²) in [6.07, 6.45) is -12.0. The van der Waals surface area contributed by atoms with Gasteiger partial charge < -0.3 is 45.1 Å². The highest BCUT2D eigenvalue weighted by atomic mass is 31.2. The van der Waals surface area contributed by atoms with Gasteiger partial charge in [0.25, 0.3) is 5.56 Å². The molecule has 27 heteroatoms. The average Bonchev–Trinajstić information content (AvgIpc) is 3.78. The minimum absolute atomic E-state index is 0.0905. The lowest BCUT2D eigenvalue weighted by atomic mass is 10.1. The first-order valence-electron chi connectivity index (χ1n) is 14.0. The molecule has 0 spiro atoms. The molecular weight excluding hydrogens is 729 g/mol. The maximum atomic E-state index is 13.4. The topological polar surface area (TPSA) is 306 Å². The van der Waals surface area contributed by atoms with E-state index in [2.05, 4.69) is 24.9 Å². The number of phosphoric ester groups is 2. The Balaban J connectivity index is 1.25. The lowest BCUT2D eigenvalue weighted by molar-refractivity contribution is -0.168. The molecule has 22 nitrogen and oxygen atoms in total. The summed E-state index contributed by atoms with van der Waals surface area (Å²) in [4.78, 5) is 51.9. The molecule has 0 aliphatic carbocycles. The molecule has 1 fully saturated rings. The number of hydrogen-bond acceptors (Lipinski definition) is 17. The summed E-state index contributed by atoms with van der Waals surface area (Å²) in [5.74, 6) is -1.97. The van der Waals surface area contributed by atoms with Gasteiger partial charge in [0.15, 0.2) is 41.6 Å². The van der Waals surface area contributed by atoms with Gasteiger partial charge in [0, 0.05) is 6.20 Å². The van der Waals surface area contributed by atoms with E-state index in [4.69, 9.17) is 43.8 Å². The van der Waals surface area contributed by atoms with Crippen molar-refractivity contribution in [3.05, 3.63) is 46.8 Å². The van der Waals surface area contributed by atoms with Gasteiger partial charge in [0.2, 0.25) is 12.2 Å². The Morgan fingerprint density at radius 2 is 1.82 bits per heavy atom. The number of fused-ring (bicyclic) bond motifs is 4. The zero-order valence-corrected chi connectivity index (χ0v) is 26.5. The number of aliphatic hydroxyl groups is 1. The van der Waals surface area contributed by atoms with Crippen molar-refractivity contribution in [2.24, 2.45) is 0 Å². The predicted octanol–water partition coefficient (Wildman–Crippen LogP) is 0.324. The lowest BCUT2D eigenvalue weighted by Gasteiger charge is -2.26. The normalized spacial score (nSPS) is 32.4. The molecule has 7 heterocycles. The molecular formula is C23H24F3N9O13P2. The molecule has 0 saturated carbocycles. The number of anilines is 2. The number of nitrogens with one attached hydrogen (secondary N) is 1. The second-order valence-electron chi connectivity index (χ2n) is 10.9. The minimum atomic E-state index is -5.40. The van der Waals surface area contributed by atoms with Gasteiger partial charge >= 0.3 is 21.8 Å². The van der Waals surface area contributed by atoms with Crippen LogP contribution < -0.4 is 17.0 Å². The van der Waals surface area contributed by atoms with E-state index in [9.17, 15) is 42.0 Å². The van der Waals surface area contributed by atoms with Crippen LogP contribution in [-0.4, -0.2) is 99.4 Å². The minimum Gasteiger partial charge on any atom is -0.482 e. The van der Waals surface area contributed by atoms with Crippen LogP contribution in [0.4, 0.5) is 24.9 Å². The second-order valence-corrected chi connectivity index (χ2v) is 13.7. The summed E-state index contributed by atoms with van der Waals surface area (Å²) >= 11 is 0. The van der Waals surface area contributed by atoms with Crippen molar-refractivity contribution >= 4 is 49.6 Å². The van der Waals surface area contributed by atoms with E-state index < -0.39 is 102 Å². The maximum Gasteiger partial charge on any atom is 0.473 e. The molecule has 4 aromatic rings. The standard InChI is InChI=1S/C23H24F3N9O13P2/c24-23(25,26)5-42-14-10-4-44-49(38,39)47-13-9(45-20(12(13)36)34-2-1-8-16(27)29-6-30-17(8)34)3-43-50(40,41)48-15(14)21(46-10)35-7-31-11-18(35)32-22(28)33-19(11)37/h1-2,6-7,9,12-13,15,20-21,36H,3-5H2,(H,38,39)(H,40,41)(H2,27,29,30)(H3,28,32,33,37)/t9-,12?,13?,15?,20-,21-/m1/s1. The number of imidazole rings is 1. The van der Waals surface area contributed by atoms with Gasteiger partial charge in [0.1, 0.15) is 49.0 Å². The van der Waals surface area contributed by atoms with E-state index in [1.807, 2.05) is 0 Å². The van der Waals surface area contributed by atoms with Crippen LogP contribution in [0.5, 0.6) is 0 Å². The number of aromatic amines is 1. The van der Waals surface area contributed by atoms with Crippen molar-refractivity contribution < 1.29 is 69.5 Å². The van der Waals surface area contributed by atoms with Crippen LogP contribution >= 0.6 is 15.6 Å². The third-order valence-corrected chi connectivity index (χ3v) is 9.49. The Hall–Kier alpha value is -4.16. The van der Waals surface area contributed by atoms with Crippen LogP contribution in [0.15, 0.2) is 41.2 Å². The first kappa shape index (κ1) is 34.3. The number of rotatable bonds is 4. The molecule has 50 heavy (non-hydrogen) atoms. The molecule has 4 aromatic heterocycles. The third kappa shape index (κ3) is 6.43. The van der Waals surface area contributed by atoms with E-state index >= 15 is 0 Å². The Morgan fingerprint density at radius 3 is 2.58 bits per heavy atom. The van der Waals surface area contributed by atoms with Crippen molar-refractivity contribution in [3.8, 4) is 0 Å². The number of halogens is 3. The van der Waals surface area contributed by atoms with E-state index in [1.54, 1.807) is 0 Å². The summed E-state index contributed by atoms with van der Waals surface area (Å²) in [5, 5.41) is 11.6. The molecule has 1 saturated heterocycles. The summed E-state index contributed by atoms with van der Waals surface area (Å²) in [6.45, 7) is -4.12. The van der Waals surface area contributed by atoms with Gasteiger partial charge in [-0.25, -0.2) is 24.1 Å². The zero-order chi connectivity index (χ0) is 35.7. The summed E-state index contributed by atoms with van der Waals surface area (Å²) in [7, 11) is -10.7. The highest BCUT2D eigenvalue weighted by Gasteiger charge is 2.52. The average molecular weight is 753 g/mol. The third-order valence-electron chi connectivity index (χ3n) is 7.56. The van der Waals surface area contributed by atoms with Crippen molar-refractivity contribution in [2.45, 2.75) is 43.0 Å². The first-order chi connectivity index (χ1) is 23.5. The fourth-order valence-electron chi connectivity index (χ4n) is 5.49. The number of alkyl halides is 3. The van der Waals surface area contributed by atoms with Crippen molar-refractivity contribution in [2.75, 3.05) is 31.3 Å². The fraction of sp³-hybridized carbons (Fsp3) is 0.435. The molecule has 3 aliphatic heterocycles. The highest BCUT2D eigenvalue weighted by molar-refractivity contribution is 7.47. The number of nitrogens with zero attached hydrogens (tertiary/aromatic N) is 6. The molecule has 7 rings (SSSR count). The Bertz CT molecular complexity index is 2160. The van der Waals surface area contributed by atoms with Gasteiger partial charge in [-0.05, 0) is 6.07 Å². The number of nitrogen functional groups attached to an aromatic ring is 2. The van der Waals surface area contributed by atoms with E-state index in [0.29, 0.717) is 5.39 Å². The number of aromatic nitrogens is 7. The number of phosphoric acid groups is 2. The maximum absolute atomic E-state index is 13.4. The summed E-state index contributed by atoms with van der Waals surface area (Å²) in [5.41, 5.74) is 10.3. The van der Waals surface area contributed by atoms with Crippen LogP contribution in [0.2, 0.25) is 0 Å². The van der Waals surface area contributed by atoms with E-state index in [1.165, 1.54) is 16.8 Å². The van der Waals surface area contributed by atoms with Gasteiger partial charge in [-0.1, -0.05) is 0 Å². The summed E-state index contributed by atoms with van der Waals surface area (Å²) in [6, 6.07) is 1.50. The van der Waals surface area contributed by atoms with Crippen LogP contribution in [0.25, 0.3) is 22.2 Å². The van der Waals surface area contributed by atoms with Crippen LogP contribution in [0, 0.1) is 0 Å². The number of H-pyrrole nitrogens is 1. The lowest BCUT2D eigenvalue weighted by Crippen LogP contribution is -2.36. The smallest absolute Gasteiger partial charge is 0.473 e. The zero-order valence-electron chi connectivity index (χ0n) is 24.7. The van der Waals surface area contributed by atoms with Gasteiger partial charge in [-0.3, -0.25) is 32.4 Å². The van der Waals surface area contributed by atoms with Crippen molar-refractivity contribution in [3.63, 3.8) is 0 Å². The molecule has 8 atom stereocenters. The second kappa shape index (κ2) is 12.3. The molecule has 0 aromatic carbocycles. The van der Waals surface area contributed by atoms with Gasteiger partial charge in [-0.15, -0.1) is 0 Å². The van der Waals surface area contributed by atoms with E-state index in [0.717, 1.165) is 17.2 Å². The quantitative estimate of drug-likeness (QED) is 0.153. The first-order valence-corrected chi connectivity index (χ1v) is 17.0. The molecule has 0 amide bonds. The monoisotopic (exact) mass is 753 g/mol. The summed E-state index contributed by atoms with van der Waals surface area (Å²) < 4.78 is 106. The number of ether oxygens (including phenoxy) is 3. The molecule has 8 N–H and O–H groups in total. The Labute approximate surface area is 274 Å². The van der Waals surface area contributed by atoms with Crippen molar-refractivity contribution in [1.82, 2.24) is 34.1 Å². The molecule has 5 unspecified atom stereocenters. The SMILES string of the molecule is Nc1nc2c(ncn2[C@@H]2OC3=C(OCC(F)(F)F)C2OP(=O)(O)OC[C@H]2O[C@@H](n4ccc5c(N)ncnc54)C(O)C2OP(=O)(O)OC3)c(=O)[nH]1. The molecule has 2 bridgehead atoms. The number of aliphatic hydroxyl groups excluding tert-OH is 1. The number of nitrogens with two attached hydrogens (primary N) is 2. The van der Waals surface area contributed by atoms with Gasteiger partial charge in [-0.2, -0.15) is 18.2 Å². The van der Waals surface area contributed by atoms with Crippen LogP contribution in [0.3, 0.4) is 0 Å². The molecule has 0 radical (unpaired) electrons. The van der Waals surface area contributed by atoms with Crippen LogP contribution in [0.1, 0.15) is 12.5 Å². The largest absolute Gasteiger partial charge is 0.482 e. The highest BCUT2D eigenvalue weighted by Crippen LogP contribution is 2.54. The predicted molar refractivity (Wildman–Crippen MR) is 155 cm³/mol. The van der Waals surface area contributed by atoms with E-state index in [-0.39, 0.29) is 22.6 Å². The molecule has 270 valence electrons. The van der Waals surface area contributed by atoms with Gasteiger partial charge in [0.05, 0.1) is 12.0 Å². The Kier molecular flexibility index (Phi) is 8.41. The molecule has 3 aliphatic rings. The number of hydrogen-bond donors (Lipinski definition) is 6. The Morgan fingerprint density at radius 1 is 1.06 bits per heavy atom. The van der Waals surface area contributed by atoms with Crippen molar-refractivity contribution in [1.29, 1.82) is 0 Å². The fourth-order valence-corrected chi connectivity index (χ4v) is 7.28. The van der Waals surface area contributed by atoms with Crippen LogP contribution in [-0.2, 0) is 41.4 Å².